The van der Waals surface area contributed by atoms with Crippen LogP contribution < -0.4 is 5.19 Å². The minimum atomic E-state index is -1.40. The summed E-state index contributed by atoms with van der Waals surface area (Å²) in [6, 6.07) is 8.72. The van der Waals surface area contributed by atoms with E-state index < -0.39 is 8.07 Å². The van der Waals surface area contributed by atoms with Crippen molar-refractivity contribution >= 4 is 19.3 Å². The fraction of sp³-hybridized carbons (Fsp3) is 0.467. The van der Waals surface area contributed by atoms with Gasteiger partial charge < -0.3 is 4.90 Å². The van der Waals surface area contributed by atoms with Gasteiger partial charge in [-0.2, -0.15) is 0 Å². The molecular formula is C15H25NSi. The highest BCUT2D eigenvalue weighted by molar-refractivity contribution is 6.90. The molecule has 0 aliphatic carbocycles. The van der Waals surface area contributed by atoms with Gasteiger partial charge in [-0.15, -0.1) is 0 Å². The van der Waals surface area contributed by atoms with Crippen molar-refractivity contribution < 1.29 is 0 Å². The molecule has 0 bridgehead atoms. The fourth-order valence-corrected chi connectivity index (χ4v) is 5.63. The van der Waals surface area contributed by atoms with Crippen LogP contribution in [0.2, 0.25) is 13.1 Å². The lowest BCUT2D eigenvalue weighted by molar-refractivity contribution is 0.349. The molecule has 0 atom stereocenters. The third kappa shape index (κ3) is 3.55. The molecule has 0 saturated carbocycles. The predicted octanol–water partition coefficient (Wildman–Crippen LogP) is 3.13. The Hall–Kier alpha value is -0.863. The highest BCUT2D eigenvalue weighted by Gasteiger charge is 2.27. The van der Waals surface area contributed by atoms with Crippen molar-refractivity contribution in [3.8, 4) is 0 Å². The van der Waals surface area contributed by atoms with Crippen LogP contribution in [0.3, 0.4) is 0 Å². The summed E-state index contributed by atoms with van der Waals surface area (Å²) in [4.78, 5) is 2.53. The van der Waals surface area contributed by atoms with E-state index in [1.807, 2.05) is 6.08 Å². The van der Waals surface area contributed by atoms with Gasteiger partial charge in [0.15, 0.2) is 0 Å². The van der Waals surface area contributed by atoms with E-state index in [-0.39, 0.29) is 0 Å². The first-order chi connectivity index (χ1) is 8.05. The average molecular weight is 247 g/mol. The van der Waals surface area contributed by atoms with Crippen LogP contribution in [0.1, 0.15) is 19.4 Å². The van der Waals surface area contributed by atoms with Crippen molar-refractivity contribution in [2.45, 2.75) is 26.9 Å². The lowest BCUT2D eigenvalue weighted by Crippen LogP contribution is -2.52. The van der Waals surface area contributed by atoms with Crippen molar-refractivity contribution in [2.75, 3.05) is 19.3 Å². The van der Waals surface area contributed by atoms with Gasteiger partial charge in [0.25, 0.3) is 0 Å². The van der Waals surface area contributed by atoms with Gasteiger partial charge in [-0.3, -0.25) is 0 Å². The number of hydrogen-bond donors (Lipinski definition) is 0. The summed E-state index contributed by atoms with van der Waals surface area (Å²) in [6.07, 6.45) is 3.22. The van der Waals surface area contributed by atoms with Crippen molar-refractivity contribution in [1.29, 1.82) is 0 Å². The Morgan fingerprint density at radius 3 is 2.29 bits per heavy atom. The average Bonchev–Trinajstić information content (AvgIpc) is 2.35. The molecule has 0 unspecified atom stereocenters. The Morgan fingerprint density at radius 1 is 1.18 bits per heavy atom. The number of rotatable bonds is 6. The van der Waals surface area contributed by atoms with Crippen LogP contribution in [-0.4, -0.2) is 32.2 Å². The summed E-state index contributed by atoms with van der Waals surface area (Å²) in [5.74, 6) is 0. The minimum Gasteiger partial charge on any atom is -0.306 e. The second kappa shape index (κ2) is 6.17. The van der Waals surface area contributed by atoms with E-state index in [4.69, 9.17) is 0 Å². The van der Waals surface area contributed by atoms with E-state index in [1.54, 1.807) is 0 Å². The van der Waals surface area contributed by atoms with E-state index >= 15 is 0 Å². The Labute approximate surface area is 107 Å². The van der Waals surface area contributed by atoms with E-state index in [0.29, 0.717) is 0 Å². The summed E-state index contributed by atoms with van der Waals surface area (Å²) >= 11 is 0. The van der Waals surface area contributed by atoms with Crippen molar-refractivity contribution in [3.05, 3.63) is 36.4 Å². The second-order valence-corrected chi connectivity index (χ2v) is 9.76. The van der Waals surface area contributed by atoms with Gasteiger partial charge in [0.1, 0.15) is 0 Å². The van der Waals surface area contributed by atoms with Crippen LogP contribution in [0.15, 0.2) is 30.8 Å². The molecular weight excluding hydrogens is 222 g/mol. The highest BCUT2D eigenvalue weighted by Crippen LogP contribution is 2.10. The Morgan fingerprint density at radius 2 is 1.76 bits per heavy atom. The Kier molecular flexibility index (Phi) is 5.16. The standard InChI is InChI=1S/C15H25NSi/c1-6-14-11-9-10-12-15(14)17(4,5)13-16(7-2)8-3/h6,9-12H,1,7-8,13H2,2-5H3. The van der Waals surface area contributed by atoms with Crippen LogP contribution in [0, 0.1) is 0 Å². The first-order valence-corrected chi connectivity index (χ1v) is 9.70. The Balaban J connectivity index is 2.99. The molecule has 1 aromatic carbocycles. The van der Waals surface area contributed by atoms with E-state index in [1.165, 1.54) is 16.9 Å². The molecule has 17 heavy (non-hydrogen) atoms. The van der Waals surface area contributed by atoms with Crippen molar-refractivity contribution in [1.82, 2.24) is 4.90 Å². The molecule has 0 fully saturated rings. The fourth-order valence-electron chi connectivity index (χ4n) is 2.38. The summed E-state index contributed by atoms with van der Waals surface area (Å²) in [5, 5.41) is 1.53. The molecule has 94 valence electrons. The van der Waals surface area contributed by atoms with E-state index in [0.717, 1.165) is 13.1 Å². The molecule has 0 radical (unpaired) electrons. The maximum atomic E-state index is 3.93. The van der Waals surface area contributed by atoms with Gasteiger partial charge >= 0.3 is 0 Å². The molecule has 0 spiro atoms. The maximum Gasteiger partial charge on any atom is 0.0956 e. The SMILES string of the molecule is C=Cc1ccccc1[Si](C)(C)CN(CC)CC. The monoisotopic (exact) mass is 247 g/mol. The molecule has 1 rings (SSSR count). The van der Waals surface area contributed by atoms with Crippen LogP contribution >= 0.6 is 0 Å². The zero-order valence-corrected chi connectivity index (χ0v) is 12.7. The number of nitrogens with zero attached hydrogens (tertiary/aromatic N) is 1. The molecule has 0 saturated heterocycles. The van der Waals surface area contributed by atoms with Gasteiger partial charge in [-0.1, -0.05) is 69.0 Å². The van der Waals surface area contributed by atoms with Gasteiger partial charge in [-0.25, -0.2) is 0 Å². The summed E-state index contributed by atoms with van der Waals surface area (Å²) in [6.45, 7) is 15.6. The zero-order valence-electron chi connectivity index (χ0n) is 11.7. The molecule has 0 amide bonds. The maximum absolute atomic E-state index is 3.93. The lowest BCUT2D eigenvalue weighted by atomic mass is 10.2. The summed E-state index contributed by atoms with van der Waals surface area (Å²) in [7, 11) is -1.40. The van der Waals surface area contributed by atoms with Gasteiger partial charge in [0, 0.05) is 0 Å². The van der Waals surface area contributed by atoms with Gasteiger partial charge in [0.05, 0.1) is 8.07 Å². The van der Waals surface area contributed by atoms with Crippen LogP contribution in [0.4, 0.5) is 0 Å². The molecule has 2 heteroatoms. The first-order valence-electron chi connectivity index (χ1n) is 6.49. The topological polar surface area (TPSA) is 3.24 Å². The molecule has 0 aliphatic rings. The van der Waals surface area contributed by atoms with Crippen LogP contribution in [0.5, 0.6) is 0 Å². The Bertz CT molecular complexity index is 367. The predicted molar refractivity (Wildman–Crippen MR) is 81.4 cm³/mol. The number of benzene rings is 1. The molecule has 0 N–H and O–H groups in total. The molecule has 0 heterocycles. The van der Waals surface area contributed by atoms with Crippen LogP contribution in [0.25, 0.3) is 6.08 Å². The lowest BCUT2D eigenvalue weighted by Gasteiger charge is -2.31. The van der Waals surface area contributed by atoms with Crippen molar-refractivity contribution in [2.24, 2.45) is 0 Å². The number of hydrogen-bond acceptors (Lipinski definition) is 1. The largest absolute Gasteiger partial charge is 0.306 e. The normalized spacial score (nSPS) is 11.8. The third-order valence-electron chi connectivity index (χ3n) is 3.42. The first kappa shape index (κ1) is 14.2. The highest BCUT2D eigenvalue weighted by atomic mass is 28.3. The molecule has 1 nitrogen and oxygen atoms in total. The second-order valence-electron chi connectivity index (χ2n) is 5.14. The zero-order chi connectivity index (χ0) is 12.9. The molecule has 1 aromatic rings. The summed E-state index contributed by atoms with van der Waals surface area (Å²) in [5.41, 5.74) is 1.32. The summed E-state index contributed by atoms with van der Waals surface area (Å²) < 4.78 is 0. The van der Waals surface area contributed by atoms with Crippen molar-refractivity contribution in [3.63, 3.8) is 0 Å². The van der Waals surface area contributed by atoms with E-state index in [2.05, 4.69) is 62.7 Å². The third-order valence-corrected chi connectivity index (χ3v) is 6.57. The minimum absolute atomic E-state index is 1.14. The quantitative estimate of drug-likeness (QED) is 0.698. The molecule has 0 aromatic heterocycles. The smallest absolute Gasteiger partial charge is 0.0956 e. The van der Waals surface area contributed by atoms with Gasteiger partial charge in [0.2, 0.25) is 0 Å². The van der Waals surface area contributed by atoms with Gasteiger partial charge in [-0.05, 0) is 24.8 Å². The van der Waals surface area contributed by atoms with E-state index in [9.17, 15) is 0 Å². The molecule has 0 aliphatic heterocycles. The van der Waals surface area contributed by atoms with Crippen LogP contribution in [-0.2, 0) is 0 Å².